The standard InChI is InChI=1S/C19H30N2O3S/c1-5-18(17-8-7-14(3)15(4)13-17)20-19(22)16-9-11-21(12-10-16)25(23,24)6-2/h7-8,13,16,18H,5-6,9-12H2,1-4H3,(H,20,22). The van der Waals surface area contributed by atoms with Gasteiger partial charge in [0.15, 0.2) is 0 Å². The Hall–Kier alpha value is -1.40. The second-order valence-corrected chi connectivity index (χ2v) is 9.14. The van der Waals surface area contributed by atoms with E-state index in [1.807, 2.05) is 0 Å². The Balaban J connectivity index is 1.98. The molecular formula is C19H30N2O3S. The van der Waals surface area contributed by atoms with Crippen LogP contribution in [0.4, 0.5) is 0 Å². The van der Waals surface area contributed by atoms with Crippen LogP contribution in [-0.2, 0) is 14.8 Å². The van der Waals surface area contributed by atoms with Gasteiger partial charge in [0.1, 0.15) is 0 Å². The number of hydrogen-bond donors (Lipinski definition) is 1. The number of amides is 1. The molecule has 0 spiro atoms. The maximum Gasteiger partial charge on any atom is 0.223 e. The van der Waals surface area contributed by atoms with Gasteiger partial charge in [0.2, 0.25) is 15.9 Å². The monoisotopic (exact) mass is 366 g/mol. The van der Waals surface area contributed by atoms with Crippen molar-refractivity contribution in [3.8, 4) is 0 Å². The summed E-state index contributed by atoms with van der Waals surface area (Å²) in [7, 11) is -3.15. The lowest BCUT2D eigenvalue weighted by molar-refractivity contribution is -0.126. The van der Waals surface area contributed by atoms with Crippen LogP contribution in [0.1, 0.15) is 55.8 Å². The van der Waals surface area contributed by atoms with E-state index in [4.69, 9.17) is 0 Å². The van der Waals surface area contributed by atoms with Gasteiger partial charge in [-0.1, -0.05) is 25.1 Å². The molecule has 1 saturated heterocycles. The van der Waals surface area contributed by atoms with Gasteiger partial charge >= 0.3 is 0 Å². The van der Waals surface area contributed by atoms with Crippen molar-refractivity contribution >= 4 is 15.9 Å². The maximum absolute atomic E-state index is 12.6. The molecule has 1 aliphatic heterocycles. The molecule has 25 heavy (non-hydrogen) atoms. The minimum atomic E-state index is -3.15. The Kier molecular flexibility index (Phi) is 6.63. The van der Waals surface area contributed by atoms with Gasteiger partial charge in [-0.05, 0) is 56.7 Å². The molecule has 1 aromatic carbocycles. The van der Waals surface area contributed by atoms with Gasteiger partial charge in [0, 0.05) is 19.0 Å². The highest BCUT2D eigenvalue weighted by Gasteiger charge is 2.30. The number of rotatable bonds is 6. The summed E-state index contributed by atoms with van der Waals surface area (Å²) in [6.07, 6.45) is 2.01. The van der Waals surface area contributed by atoms with Crippen LogP contribution in [0.5, 0.6) is 0 Å². The van der Waals surface area contributed by atoms with Gasteiger partial charge in [-0.2, -0.15) is 0 Å². The highest BCUT2D eigenvalue weighted by atomic mass is 32.2. The Morgan fingerprint density at radius 1 is 1.20 bits per heavy atom. The third-order valence-corrected chi connectivity index (χ3v) is 7.12. The maximum atomic E-state index is 12.6. The first kappa shape index (κ1) is 19.9. The number of aryl methyl sites for hydroxylation is 2. The van der Waals surface area contributed by atoms with E-state index in [9.17, 15) is 13.2 Å². The smallest absolute Gasteiger partial charge is 0.223 e. The molecule has 1 atom stereocenters. The number of nitrogens with zero attached hydrogens (tertiary/aromatic N) is 1. The minimum absolute atomic E-state index is 0.00389. The first-order chi connectivity index (χ1) is 11.8. The predicted octanol–water partition coefficient (Wildman–Crippen LogP) is 2.93. The fourth-order valence-corrected chi connectivity index (χ4v) is 4.40. The van der Waals surface area contributed by atoms with E-state index in [0.29, 0.717) is 25.9 Å². The summed E-state index contributed by atoms with van der Waals surface area (Å²) in [4.78, 5) is 12.6. The molecule has 6 heteroatoms. The van der Waals surface area contributed by atoms with Crippen molar-refractivity contribution in [3.63, 3.8) is 0 Å². The zero-order valence-corrected chi connectivity index (χ0v) is 16.5. The Morgan fingerprint density at radius 3 is 2.36 bits per heavy atom. The zero-order valence-electron chi connectivity index (χ0n) is 15.7. The molecule has 0 saturated carbocycles. The van der Waals surface area contributed by atoms with E-state index in [1.165, 1.54) is 15.4 Å². The van der Waals surface area contributed by atoms with Crippen LogP contribution in [0, 0.1) is 19.8 Å². The van der Waals surface area contributed by atoms with Crippen LogP contribution in [0.15, 0.2) is 18.2 Å². The summed E-state index contributed by atoms with van der Waals surface area (Å²) < 4.78 is 25.4. The highest BCUT2D eigenvalue weighted by molar-refractivity contribution is 7.89. The fraction of sp³-hybridized carbons (Fsp3) is 0.632. The number of nitrogens with one attached hydrogen (secondary N) is 1. The topological polar surface area (TPSA) is 66.5 Å². The molecule has 0 radical (unpaired) electrons. The Morgan fingerprint density at radius 2 is 1.84 bits per heavy atom. The highest BCUT2D eigenvalue weighted by Crippen LogP contribution is 2.24. The van der Waals surface area contributed by atoms with Crippen molar-refractivity contribution in [2.24, 2.45) is 5.92 Å². The van der Waals surface area contributed by atoms with Crippen molar-refractivity contribution in [2.45, 2.75) is 53.0 Å². The third kappa shape index (κ3) is 4.82. The van der Waals surface area contributed by atoms with Gasteiger partial charge in [-0.25, -0.2) is 12.7 Å². The SMILES string of the molecule is CCC(NC(=O)C1CCN(S(=O)(=O)CC)CC1)c1ccc(C)c(C)c1. The molecule has 1 aromatic rings. The summed E-state index contributed by atoms with van der Waals surface area (Å²) in [6, 6.07) is 6.31. The van der Waals surface area contributed by atoms with E-state index >= 15 is 0 Å². The Labute approximate surface area is 151 Å². The second-order valence-electron chi connectivity index (χ2n) is 6.89. The van der Waals surface area contributed by atoms with Crippen LogP contribution in [0.2, 0.25) is 0 Å². The van der Waals surface area contributed by atoms with Crippen molar-refractivity contribution in [3.05, 3.63) is 34.9 Å². The molecule has 140 valence electrons. The fourth-order valence-electron chi connectivity index (χ4n) is 3.27. The van der Waals surface area contributed by atoms with Gasteiger partial charge in [0.05, 0.1) is 11.8 Å². The lowest BCUT2D eigenvalue weighted by Crippen LogP contribution is -2.44. The molecule has 1 heterocycles. The van der Waals surface area contributed by atoms with E-state index in [0.717, 1.165) is 12.0 Å². The van der Waals surface area contributed by atoms with Crippen LogP contribution in [0.3, 0.4) is 0 Å². The number of carbonyl (C=O) groups is 1. The van der Waals surface area contributed by atoms with Crippen molar-refractivity contribution < 1.29 is 13.2 Å². The zero-order chi connectivity index (χ0) is 18.6. The molecule has 1 unspecified atom stereocenters. The lowest BCUT2D eigenvalue weighted by atomic mass is 9.95. The normalized spacial score (nSPS) is 18.1. The summed E-state index contributed by atoms with van der Waals surface area (Å²) in [5.41, 5.74) is 3.60. The van der Waals surface area contributed by atoms with Crippen molar-refractivity contribution in [2.75, 3.05) is 18.8 Å². The molecule has 2 rings (SSSR count). The average Bonchev–Trinajstić information content (AvgIpc) is 2.62. The average molecular weight is 367 g/mol. The van der Waals surface area contributed by atoms with E-state index < -0.39 is 10.0 Å². The van der Waals surface area contributed by atoms with Gasteiger partial charge in [0.25, 0.3) is 0 Å². The third-order valence-electron chi connectivity index (χ3n) is 5.24. The number of piperidine rings is 1. The summed E-state index contributed by atoms with van der Waals surface area (Å²) in [5, 5.41) is 3.16. The van der Waals surface area contributed by atoms with E-state index in [2.05, 4.69) is 44.3 Å². The molecule has 0 bridgehead atoms. The number of hydrogen-bond acceptors (Lipinski definition) is 3. The quantitative estimate of drug-likeness (QED) is 0.842. The molecule has 5 nitrogen and oxygen atoms in total. The van der Waals surface area contributed by atoms with Gasteiger partial charge in [-0.15, -0.1) is 0 Å². The lowest BCUT2D eigenvalue weighted by Gasteiger charge is -2.31. The van der Waals surface area contributed by atoms with Crippen molar-refractivity contribution in [1.82, 2.24) is 9.62 Å². The van der Waals surface area contributed by atoms with Crippen LogP contribution in [-0.4, -0.2) is 37.5 Å². The van der Waals surface area contributed by atoms with E-state index in [1.54, 1.807) is 6.92 Å². The van der Waals surface area contributed by atoms with Crippen LogP contribution < -0.4 is 5.32 Å². The summed E-state index contributed by atoms with van der Waals surface area (Å²) in [5.74, 6) is 0.0525. The minimum Gasteiger partial charge on any atom is -0.349 e. The van der Waals surface area contributed by atoms with E-state index in [-0.39, 0.29) is 23.6 Å². The molecule has 0 aromatic heterocycles. The number of benzene rings is 1. The molecule has 1 N–H and O–H groups in total. The molecule has 1 fully saturated rings. The van der Waals surface area contributed by atoms with Crippen LogP contribution in [0.25, 0.3) is 0 Å². The molecule has 0 aliphatic carbocycles. The largest absolute Gasteiger partial charge is 0.349 e. The molecular weight excluding hydrogens is 336 g/mol. The summed E-state index contributed by atoms with van der Waals surface area (Å²) in [6.45, 7) is 8.76. The number of sulfonamides is 1. The molecule has 1 amide bonds. The predicted molar refractivity (Wildman–Crippen MR) is 101 cm³/mol. The summed E-state index contributed by atoms with van der Waals surface area (Å²) >= 11 is 0. The van der Waals surface area contributed by atoms with Gasteiger partial charge in [-0.3, -0.25) is 4.79 Å². The second kappa shape index (κ2) is 8.32. The van der Waals surface area contributed by atoms with Gasteiger partial charge < -0.3 is 5.32 Å². The first-order valence-electron chi connectivity index (χ1n) is 9.13. The number of carbonyl (C=O) groups excluding carboxylic acids is 1. The van der Waals surface area contributed by atoms with Crippen molar-refractivity contribution in [1.29, 1.82) is 0 Å². The first-order valence-corrected chi connectivity index (χ1v) is 10.7. The molecule has 1 aliphatic rings. The van der Waals surface area contributed by atoms with Crippen LogP contribution >= 0.6 is 0 Å². The Bertz CT molecular complexity index is 707.